The number of hydrogen-bond donors (Lipinski definition) is 4. The van der Waals surface area contributed by atoms with Gasteiger partial charge in [-0.1, -0.05) is 0 Å². The van der Waals surface area contributed by atoms with Gasteiger partial charge in [0, 0.05) is 12.1 Å². The molecule has 0 rings (SSSR count). The molecule has 0 aromatic heterocycles. The molecule has 0 heterocycles. The van der Waals surface area contributed by atoms with Crippen LogP contribution in [0.2, 0.25) is 0 Å². The van der Waals surface area contributed by atoms with Crippen molar-refractivity contribution in [2.45, 2.75) is 31.3 Å². The van der Waals surface area contributed by atoms with Gasteiger partial charge in [0.25, 0.3) is 0 Å². The van der Waals surface area contributed by atoms with Crippen LogP contribution in [0.15, 0.2) is 0 Å². The number of rotatable bonds is 6. The highest BCUT2D eigenvalue weighted by Gasteiger charge is 2.07. The maximum atomic E-state index is 5.71. The Balaban J connectivity index is 3.32. The van der Waals surface area contributed by atoms with Crippen LogP contribution < -0.4 is 22.9 Å². The minimum absolute atomic E-state index is 0.140. The summed E-state index contributed by atoms with van der Waals surface area (Å²) >= 11 is 0. The molecule has 4 heteroatoms. The first kappa shape index (κ1) is 10.8. The van der Waals surface area contributed by atoms with E-state index in [9.17, 15) is 0 Å². The fraction of sp³-hybridized carbons (Fsp3) is 1.00. The Kier molecular flexibility index (Phi) is 6.45. The molecule has 0 aromatic carbocycles. The van der Waals surface area contributed by atoms with Gasteiger partial charge in [-0.15, -0.1) is 0 Å². The molecule has 2 unspecified atom stereocenters. The summed E-state index contributed by atoms with van der Waals surface area (Å²) in [6, 6.07) is 0.281. The van der Waals surface area contributed by atoms with E-state index in [1.165, 1.54) is 0 Å². The molecule has 0 bridgehead atoms. The van der Waals surface area contributed by atoms with Crippen LogP contribution in [0.25, 0.3) is 0 Å². The van der Waals surface area contributed by atoms with Crippen LogP contribution in [-0.4, -0.2) is 25.2 Å². The molecule has 0 fully saturated rings. The first-order chi connectivity index (χ1) is 5.20. The molecule has 68 valence electrons. The van der Waals surface area contributed by atoms with Gasteiger partial charge < -0.3 is 22.9 Å². The average molecular weight is 160 g/mol. The Labute approximate surface area is 68.3 Å². The third-order valence-electron chi connectivity index (χ3n) is 1.68. The molecule has 4 nitrogen and oxygen atoms in total. The van der Waals surface area contributed by atoms with Crippen molar-refractivity contribution in [1.82, 2.24) is 0 Å². The summed E-state index contributed by atoms with van der Waals surface area (Å²) in [6.07, 6.45) is 2.52. The highest BCUT2D eigenvalue weighted by molar-refractivity contribution is 4.70. The highest BCUT2D eigenvalue weighted by Crippen LogP contribution is 1.99. The molecule has 0 aliphatic carbocycles. The van der Waals surface area contributed by atoms with Crippen LogP contribution in [0.3, 0.4) is 0 Å². The van der Waals surface area contributed by atoms with Crippen LogP contribution in [0.1, 0.15) is 19.3 Å². The van der Waals surface area contributed by atoms with Crippen LogP contribution in [-0.2, 0) is 0 Å². The lowest BCUT2D eigenvalue weighted by Gasteiger charge is -2.15. The zero-order valence-electron chi connectivity index (χ0n) is 7.00. The summed E-state index contributed by atoms with van der Waals surface area (Å²) in [5.74, 6) is 0. The lowest BCUT2D eigenvalue weighted by atomic mass is 10.0. The third-order valence-corrected chi connectivity index (χ3v) is 1.68. The molecule has 0 aromatic rings. The van der Waals surface area contributed by atoms with Gasteiger partial charge in [-0.25, -0.2) is 0 Å². The van der Waals surface area contributed by atoms with E-state index in [1.54, 1.807) is 0 Å². The first-order valence-corrected chi connectivity index (χ1v) is 4.12. The quantitative estimate of drug-likeness (QED) is 0.389. The lowest BCUT2D eigenvalue weighted by Crippen LogP contribution is -2.34. The third kappa shape index (κ3) is 6.25. The Morgan fingerprint density at radius 3 is 1.45 bits per heavy atom. The molecular weight excluding hydrogens is 140 g/mol. The summed E-state index contributed by atoms with van der Waals surface area (Å²) in [5, 5.41) is 0. The van der Waals surface area contributed by atoms with E-state index in [-0.39, 0.29) is 12.1 Å². The minimum Gasteiger partial charge on any atom is -0.330 e. The smallest absolute Gasteiger partial charge is 0.00655 e. The van der Waals surface area contributed by atoms with Crippen LogP contribution >= 0.6 is 0 Å². The molecule has 0 spiro atoms. The minimum atomic E-state index is 0.140. The van der Waals surface area contributed by atoms with Gasteiger partial charge in [0.1, 0.15) is 0 Å². The van der Waals surface area contributed by atoms with Crippen molar-refractivity contribution < 1.29 is 0 Å². The Morgan fingerprint density at radius 2 is 1.18 bits per heavy atom. The van der Waals surface area contributed by atoms with E-state index >= 15 is 0 Å². The summed E-state index contributed by atoms with van der Waals surface area (Å²) in [4.78, 5) is 0. The predicted molar refractivity (Wildman–Crippen MR) is 47.9 cm³/mol. The van der Waals surface area contributed by atoms with Gasteiger partial charge >= 0.3 is 0 Å². The van der Waals surface area contributed by atoms with E-state index in [2.05, 4.69) is 0 Å². The molecule has 11 heavy (non-hydrogen) atoms. The van der Waals surface area contributed by atoms with Gasteiger partial charge in [0.2, 0.25) is 0 Å². The van der Waals surface area contributed by atoms with Crippen molar-refractivity contribution in [1.29, 1.82) is 0 Å². The maximum Gasteiger partial charge on any atom is 0.00655 e. The van der Waals surface area contributed by atoms with E-state index in [4.69, 9.17) is 22.9 Å². The molecule has 2 atom stereocenters. The van der Waals surface area contributed by atoms with Gasteiger partial charge in [-0.05, 0) is 32.4 Å². The van der Waals surface area contributed by atoms with E-state index < -0.39 is 0 Å². The van der Waals surface area contributed by atoms with Crippen LogP contribution in [0.4, 0.5) is 0 Å². The lowest BCUT2D eigenvalue weighted by molar-refractivity contribution is 0.484. The van der Waals surface area contributed by atoms with Crippen molar-refractivity contribution in [2.75, 3.05) is 13.1 Å². The second-order valence-corrected chi connectivity index (χ2v) is 2.91. The second kappa shape index (κ2) is 6.54. The summed E-state index contributed by atoms with van der Waals surface area (Å²) in [6.45, 7) is 1.27. The molecule has 0 saturated heterocycles. The summed E-state index contributed by atoms with van der Waals surface area (Å²) < 4.78 is 0. The van der Waals surface area contributed by atoms with Gasteiger partial charge in [-0.3, -0.25) is 0 Å². The van der Waals surface area contributed by atoms with Crippen molar-refractivity contribution in [3.8, 4) is 0 Å². The van der Waals surface area contributed by atoms with Crippen LogP contribution in [0.5, 0.6) is 0 Å². The largest absolute Gasteiger partial charge is 0.330 e. The predicted octanol–water partition coefficient (Wildman–Crippen LogP) is -1.27. The zero-order valence-corrected chi connectivity index (χ0v) is 7.00. The monoisotopic (exact) mass is 160 g/mol. The van der Waals surface area contributed by atoms with Gasteiger partial charge in [-0.2, -0.15) is 0 Å². The van der Waals surface area contributed by atoms with E-state index in [0.29, 0.717) is 13.1 Å². The Morgan fingerprint density at radius 1 is 0.818 bits per heavy atom. The highest BCUT2D eigenvalue weighted by atomic mass is 14.7. The fourth-order valence-corrected chi connectivity index (χ4v) is 1.05. The van der Waals surface area contributed by atoms with E-state index in [0.717, 1.165) is 19.3 Å². The number of hydrogen-bond acceptors (Lipinski definition) is 4. The normalized spacial score (nSPS) is 16.4. The van der Waals surface area contributed by atoms with Crippen molar-refractivity contribution >= 4 is 0 Å². The molecule has 0 aliphatic heterocycles. The molecule has 8 N–H and O–H groups in total. The molecule has 0 radical (unpaired) electrons. The number of nitrogens with two attached hydrogens (primary N) is 4. The summed E-state index contributed by atoms with van der Waals surface area (Å²) in [5.41, 5.74) is 22.1. The fourth-order valence-electron chi connectivity index (χ4n) is 1.05. The van der Waals surface area contributed by atoms with E-state index in [1.807, 2.05) is 0 Å². The Bertz CT molecular complexity index is 76.5. The zero-order chi connectivity index (χ0) is 8.69. The topological polar surface area (TPSA) is 104 Å². The molecule has 0 saturated carbocycles. The van der Waals surface area contributed by atoms with Crippen LogP contribution in [0, 0.1) is 0 Å². The maximum absolute atomic E-state index is 5.71. The molecule has 0 amide bonds. The second-order valence-electron chi connectivity index (χ2n) is 2.91. The molecular formula is C7H20N4. The van der Waals surface area contributed by atoms with Crippen molar-refractivity contribution in [2.24, 2.45) is 22.9 Å². The summed E-state index contributed by atoms with van der Waals surface area (Å²) in [7, 11) is 0. The van der Waals surface area contributed by atoms with Gasteiger partial charge in [0.05, 0.1) is 0 Å². The Hall–Kier alpha value is -0.160. The SMILES string of the molecule is NCCC(N)CC(N)CCN. The standard InChI is InChI=1S/C7H20N4/c8-3-1-6(10)5-7(11)2-4-9/h6-7H,1-5,8-11H2. The average Bonchev–Trinajstić information content (AvgIpc) is 1.87. The molecule has 0 aliphatic rings. The van der Waals surface area contributed by atoms with Crippen molar-refractivity contribution in [3.05, 3.63) is 0 Å². The van der Waals surface area contributed by atoms with Gasteiger partial charge in [0.15, 0.2) is 0 Å². The first-order valence-electron chi connectivity index (χ1n) is 4.12. The van der Waals surface area contributed by atoms with Crippen molar-refractivity contribution in [3.63, 3.8) is 0 Å².